The van der Waals surface area contributed by atoms with Crippen molar-refractivity contribution in [3.63, 3.8) is 0 Å². The summed E-state index contributed by atoms with van der Waals surface area (Å²) in [6.07, 6.45) is 3.00. The van der Waals surface area contributed by atoms with Gasteiger partial charge in [-0.3, -0.25) is 4.98 Å². The van der Waals surface area contributed by atoms with Crippen LogP contribution >= 0.6 is 12.4 Å². The van der Waals surface area contributed by atoms with Crippen LogP contribution in [0.2, 0.25) is 0 Å². The number of nitrogens with zero attached hydrogens (tertiary/aromatic N) is 2. The fourth-order valence-electron chi connectivity index (χ4n) is 2.15. The van der Waals surface area contributed by atoms with Gasteiger partial charge >= 0.3 is 0 Å². The van der Waals surface area contributed by atoms with Crippen molar-refractivity contribution in [1.82, 2.24) is 14.6 Å². The second kappa shape index (κ2) is 6.60. The molecule has 0 amide bonds. The van der Waals surface area contributed by atoms with E-state index < -0.39 is 15.8 Å². The normalized spacial score (nSPS) is 20.2. The van der Waals surface area contributed by atoms with Gasteiger partial charge in [-0.25, -0.2) is 12.8 Å². The predicted octanol–water partition coefficient (Wildman–Crippen LogP) is 0.872. The molecule has 1 atom stereocenters. The zero-order chi connectivity index (χ0) is 13.2. The van der Waals surface area contributed by atoms with E-state index in [1.807, 2.05) is 7.05 Å². The van der Waals surface area contributed by atoms with Crippen molar-refractivity contribution in [3.05, 3.63) is 24.3 Å². The molecule has 19 heavy (non-hydrogen) atoms. The number of hydrogen-bond donors (Lipinski definition) is 1. The van der Waals surface area contributed by atoms with Crippen molar-refractivity contribution < 1.29 is 12.8 Å². The molecule has 1 aromatic heterocycles. The SMILES string of the molecule is CNCC1CCN(S(=O)(=O)c2cncc(F)c2)C1.Cl. The van der Waals surface area contributed by atoms with Gasteiger partial charge in [0.2, 0.25) is 10.0 Å². The van der Waals surface area contributed by atoms with E-state index in [4.69, 9.17) is 0 Å². The number of rotatable bonds is 4. The summed E-state index contributed by atoms with van der Waals surface area (Å²) in [5.41, 5.74) is 0. The Balaban J connectivity index is 0.00000180. The lowest BCUT2D eigenvalue weighted by molar-refractivity contribution is 0.450. The Morgan fingerprint density at radius 3 is 2.89 bits per heavy atom. The van der Waals surface area contributed by atoms with E-state index in [1.54, 1.807) is 0 Å². The van der Waals surface area contributed by atoms with Crippen LogP contribution in [0.25, 0.3) is 0 Å². The van der Waals surface area contributed by atoms with Crippen molar-refractivity contribution in [2.24, 2.45) is 5.92 Å². The first-order valence-electron chi connectivity index (χ1n) is 5.79. The molecule has 1 N–H and O–H groups in total. The summed E-state index contributed by atoms with van der Waals surface area (Å²) in [7, 11) is -1.77. The van der Waals surface area contributed by atoms with Gasteiger partial charge in [0.15, 0.2) is 0 Å². The van der Waals surface area contributed by atoms with Crippen molar-refractivity contribution in [2.45, 2.75) is 11.3 Å². The average Bonchev–Trinajstić information content (AvgIpc) is 2.79. The lowest BCUT2D eigenvalue weighted by Gasteiger charge is -2.16. The van der Waals surface area contributed by atoms with E-state index in [0.717, 1.165) is 25.2 Å². The minimum atomic E-state index is -3.61. The van der Waals surface area contributed by atoms with Crippen molar-refractivity contribution in [1.29, 1.82) is 0 Å². The number of pyridine rings is 1. The summed E-state index contributed by atoms with van der Waals surface area (Å²) in [6.45, 7) is 1.73. The molecular formula is C11H17ClFN3O2S. The molecule has 0 aromatic carbocycles. The summed E-state index contributed by atoms with van der Waals surface area (Å²) in [4.78, 5) is 3.51. The molecule has 1 aliphatic rings. The maximum atomic E-state index is 13.0. The molecule has 5 nitrogen and oxygen atoms in total. The maximum absolute atomic E-state index is 13.0. The molecule has 0 bridgehead atoms. The number of halogens is 2. The monoisotopic (exact) mass is 309 g/mol. The zero-order valence-electron chi connectivity index (χ0n) is 10.5. The Kier molecular flexibility index (Phi) is 5.66. The molecule has 2 heterocycles. The molecule has 1 saturated heterocycles. The number of sulfonamides is 1. The number of hydrogen-bond acceptors (Lipinski definition) is 4. The van der Waals surface area contributed by atoms with Crippen LogP contribution in [0.4, 0.5) is 4.39 Å². The smallest absolute Gasteiger partial charge is 0.244 e. The highest BCUT2D eigenvalue weighted by atomic mass is 35.5. The van der Waals surface area contributed by atoms with Gasteiger partial charge in [-0.05, 0) is 32.0 Å². The van der Waals surface area contributed by atoms with Crippen molar-refractivity contribution >= 4 is 22.4 Å². The second-order valence-electron chi connectivity index (χ2n) is 4.41. The molecule has 1 fully saturated rings. The molecule has 0 radical (unpaired) electrons. The summed E-state index contributed by atoms with van der Waals surface area (Å²) >= 11 is 0. The number of aromatic nitrogens is 1. The minimum Gasteiger partial charge on any atom is -0.319 e. The van der Waals surface area contributed by atoms with Crippen molar-refractivity contribution in [2.75, 3.05) is 26.7 Å². The topological polar surface area (TPSA) is 62.3 Å². The molecule has 0 aliphatic carbocycles. The largest absolute Gasteiger partial charge is 0.319 e. The molecule has 0 saturated carbocycles. The highest BCUT2D eigenvalue weighted by Gasteiger charge is 2.32. The molecule has 0 spiro atoms. The fraction of sp³-hybridized carbons (Fsp3) is 0.545. The van der Waals surface area contributed by atoms with Crippen LogP contribution in [0.15, 0.2) is 23.4 Å². The van der Waals surface area contributed by atoms with Gasteiger partial charge in [-0.1, -0.05) is 0 Å². The third-order valence-corrected chi connectivity index (χ3v) is 4.89. The van der Waals surface area contributed by atoms with Crippen LogP contribution in [0.3, 0.4) is 0 Å². The van der Waals surface area contributed by atoms with Crippen LogP contribution in [-0.4, -0.2) is 44.4 Å². The Labute approximate surface area is 118 Å². The van der Waals surface area contributed by atoms with Crippen LogP contribution in [0, 0.1) is 11.7 Å². The quantitative estimate of drug-likeness (QED) is 0.896. The molecule has 1 aliphatic heterocycles. The maximum Gasteiger partial charge on any atom is 0.244 e. The second-order valence-corrected chi connectivity index (χ2v) is 6.35. The summed E-state index contributed by atoms with van der Waals surface area (Å²) < 4.78 is 38.9. The molecule has 8 heteroatoms. The summed E-state index contributed by atoms with van der Waals surface area (Å²) in [6, 6.07) is 1.01. The lowest BCUT2D eigenvalue weighted by Crippen LogP contribution is -2.30. The van der Waals surface area contributed by atoms with E-state index in [2.05, 4.69) is 10.3 Å². The minimum absolute atomic E-state index is 0. The highest BCUT2D eigenvalue weighted by molar-refractivity contribution is 7.89. The van der Waals surface area contributed by atoms with Gasteiger partial charge in [-0.15, -0.1) is 12.4 Å². The predicted molar refractivity (Wildman–Crippen MR) is 72.2 cm³/mol. The van der Waals surface area contributed by atoms with Gasteiger partial charge < -0.3 is 5.32 Å². The van der Waals surface area contributed by atoms with Gasteiger partial charge in [0, 0.05) is 19.3 Å². The molecular weight excluding hydrogens is 293 g/mol. The van der Waals surface area contributed by atoms with E-state index >= 15 is 0 Å². The first-order valence-corrected chi connectivity index (χ1v) is 7.23. The van der Waals surface area contributed by atoms with Gasteiger partial charge in [0.05, 0.1) is 6.20 Å². The Hall–Kier alpha value is -0.760. The average molecular weight is 310 g/mol. The van der Waals surface area contributed by atoms with E-state index in [-0.39, 0.29) is 17.3 Å². The molecule has 1 unspecified atom stereocenters. The standard InChI is InChI=1S/C11H16FN3O2S.ClH/c1-13-5-9-2-3-15(8-9)18(16,17)11-4-10(12)6-14-7-11;/h4,6-7,9,13H,2-3,5,8H2,1H3;1H. The Morgan fingerprint density at radius 2 is 2.26 bits per heavy atom. The van der Waals surface area contributed by atoms with Crippen LogP contribution in [0.1, 0.15) is 6.42 Å². The third kappa shape index (κ3) is 3.62. The molecule has 2 rings (SSSR count). The van der Waals surface area contributed by atoms with Crippen molar-refractivity contribution in [3.8, 4) is 0 Å². The summed E-state index contributed by atoms with van der Waals surface area (Å²) in [5.74, 6) is -0.326. The Bertz CT molecular complexity index is 526. The zero-order valence-corrected chi connectivity index (χ0v) is 12.2. The van der Waals surface area contributed by atoms with Crippen LogP contribution in [-0.2, 0) is 10.0 Å². The summed E-state index contributed by atoms with van der Waals surface area (Å²) in [5, 5.41) is 3.04. The Morgan fingerprint density at radius 1 is 1.53 bits per heavy atom. The fourth-order valence-corrected chi connectivity index (χ4v) is 3.66. The van der Waals surface area contributed by atoms with Crippen LogP contribution < -0.4 is 5.32 Å². The van der Waals surface area contributed by atoms with E-state index in [0.29, 0.717) is 19.0 Å². The van der Waals surface area contributed by atoms with Crippen LogP contribution in [0.5, 0.6) is 0 Å². The van der Waals surface area contributed by atoms with E-state index in [1.165, 1.54) is 10.5 Å². The number of nitrogens with one attached hydrogen (secondary N) is 1. The van der Waals surface area contributed by atoms with Gasteiger partial charge in [0.1, 0.15) is 10.7 Å². The molecule has 1 aromatic rings. The highest BCUT2D eigenvalue weighted by Crippen LogP contribution is 2.23. The van der Waals surface area contributed by atoms with Gasteiger partial charge in [-0.2, -0.15) is 4.31 Å². The first-order chi connectivity index (χ1) is 8.54. The van der Waals surface area contributed by atoms with E-state index in [9.17, 15) is 12.8 Å². The third-order valence-electron chi connectivity index (χ3n) is 3.06. The molecule has 108 valence electrons. The van der Waals surface area contributed by atoms with Gasteiger partial charge in [0.25, 0.3) is 0 Å². The lowest BCUT2D eigenvalue weighted by atomic mass is 10.1. The first kappa shape index (κ1) is 16.3.